The minimum Gasteiger partial charge on any atom is -0.444 e. The number of ether oxygens (including phenoxy) is 1. The highest BCUT2D eigenvalue weighted by Gasteiger charge is 2.20. The number of carbonyl (C=O) groups excluding carboxylic acids is 9. The van der Waals surface area contributed by atoms with Crippen molar-refractivity contribution in [3.05, 3.63) is 61.0 Å². The average Bonchev–Trinajstić information content (AvgIpc) is 4.09. The zero-order valence-electron chi connectivity index (χ0n) is 39.9. The van der Waals surface area contributed by atoms with Crippen LogP contribution in [-0.4, -0.2) is 110 Å². The van der Waals surface area contributed by atoms with Crippen LogP contribution >= 0.6 is 0 Å². The first kappa shape index (κ1) is 52.2. The zero-order valence-corrected chi connectivity index (χ0v) is 39.9. The van der Waals surface area contributed by atoms with Gasteiger partial charge in [0.05, 0.1) is 11.4 Å². The van der Waals surface area contributed by atoms with Gasteiger partial charge in [-0.3, -0.25) is 43.7 Å². The van der Waals surface area contributed by atoms with Gasteiger partial charge in [-0.25, -0.2) is 14.8 Å². The van der Waals surface area contributed by atoms with E-state index in [1.165, 1.54) is 33.8 Å². The van der Waals surface area contributed by atoms with Gasteiger partial charge >= 0.3 is 6.09 Å². The minimum absolute atomic E-state index is 0.0471. The largest absolute Gasteiger partial charge is 0.444 e. The molecule has 0 aliphatic carbocycles. The Balaban J connectivity index is 0.990. The van der Waals surface area contributed by atoms with Crippen molar-refractivity contribution in [2.45, 2.75) is 64.9 Å². The summed E-state index contributed by atoms with van der Waals surface area (Å²) in [5, 5.41) is 23.7. The van der Waals surface area contributed by atoms with E-state index in [0.717, 1.165) is 0 Å². The van der Waals surface area contributed by atoms with E-state index in [0.29, 0.717) is 23.0 Å². The van der Waals surface area contributed by atoms with Crippen LogP contribution in [-0.2, 0) is 68.7 Å². The molecule has 0 bridgehead atoms. The van der Waals surface area contributed by atoms with Gasteiger partial charge in [0.15, 0.2) is 17.5 Å². The highest BCUT2D eigenvalue weighted by Crippen LogP contribution is 2.21. The fourth-order valence-corrected chi connectivity index (χ4v) is 6.31. The van der Waals surface area contributed by atoms with Crippen molar-refractivity contribution in [2.75, 3.05) is 50.3 Å². The molecule has 70 heavy (non-hydrogen) atoms. The van der Waals surface area contributed by atoms with Gasteiger partial charge in [-0.1, -0.05) is 0 Å². The molecule has 0 fully saturated rings. The second kappa shape index (κ2) is 23.3. The van der Waals surface area contributed by atoms with Crippen LogP contribution in [0.4, 0.5) is 45.4 Å². The highest BCUT2D eigenvalue weighted by atomic mass is 16.6. The summed E-state index contributed by atoms with van der Waals surface area (Å²) >= 11 is 0. The van der Waals surface area contributed by atoms with Gasteiger partial charge in [-0.15, -0.1) is 0 Å². The van der Waals surface area contributed by atoms with Gasteiger partial charge in [0.1, 0.15) is 17.2 Å². The average molecular weight is 972 g/mol. The van der Waals surface area contributed by atoms with Crippen LogP contribution in [0.2, 0.25) is 0 Å². The molecule has 0 saturated carbocycles. The molecule has 0 aromatic carbocycles. The Kier molecular flexibility index (Phi) is 17.4. The predicted octanol–water partition coefficient (Wildman–Crippen LogP) is 2.14. The number of aryl methyl sites for hydroxylation is 5. The number of rotatable bonds is 21. The van der Waals surface area contributed by atoms with Gasteiger partial charge < -0.3 is 70.1 Å². The molecule has 0 atom stereocenters. The molecule has 0 saturated heterocycles. The molecule has 0 aliphatic rings. The van der Waals surface area contributed by atoms with Crippen LogP contribution in [0.1, 0.15) is 80.5 Å². The molecular formula is C43H57N17O10. The third kappa shape index (κ3) is 15.9. The molecule has 5 rings (SSSR count). The monoisotopic (exact) mass is 971 g/mol. The Morgan fingerprint density at radius 3 is 1.47 bits per heavy atom. The van der Waals surface area contributed by atoms with Gasteiger partial charge in [-0.2, -0.15) is 4.98 Å². The second-order valence-corrected chi connectivity index (χ2v) is 16.9. The van der Waals surface area contributed by atoms with Crippen molar-refractivity contribution in [2.24, 2.45) is 35.2 Å². The Bertz CT molecular complexity index is 2770. The zero-order chi connectivity index (χ0) is 51.3. The standard InChI is InChI=1S/C43H57N17O10/c1-43(2,3)70-42(69)46-16-15-44-31(61)9-10-36(66)55-41-52-28(24-60(41)8)50-33(63)12-14-35(65)54-30-20-26(22-58(30)6)48-40(68)38-51-27(23-59(38)7)49-32(62)11-13-34(64)53-29-19-25(21-57(29)5)47-39(67)37-45-17-18-56(37)4/h17-24H,9-16H2,1-8H3,(H,44,61)(H,46,69)(H,47,67)(H,48,68)(H,49,62)(H,50,63)(H,53,64)(H,54,65)(H,52,55,66). The summed E-state index contributed by atoms with van der Waals surface area (Å²) in [6.07, 6.45) is 7.54. The van der Waals surface area contributed by atoms with Crippen molar-refractivity contribution >= 4 is 93.9 Å². The van der Waals surface area contributed by atoms with Crippen LogP contribution in [0.5, 0.6) is 0 Å². The summed E-state index contributed by atoms with van der Waals surface area (Å²) in [5.74, 6) is -2.75. The Morgan fingerprint density at radius 1 is 0.500 bits per heavy atom. The summed E-state index contributed by atoms with van der Waals surface area (Å²) < 4.78 is 12.7. The highest BCUT2D eigenvalue weighted by molar-refractivity contribution is 6.04. The molecule has 5 heterocycles. The number of amides is 9. The maximum absolute atomic E-state index is 13.2. The third-order valence-electron chi connectivity index (χ3n) is 9.68. The van der Waals surface area contributed by atoms with Crippen molar-refractivity contribution in [3.63, 3.8) is 0 Å². The SMILES string of the molecule is Cn1cc(NC(=O)c2nc(NC(=O)CCC(=O)Nc3cc(NC(=O)c4nccn4C)cn3C)cn2C)cc1NC(=O)CCC(=O)Nc1cn(C)c(NC(=O)CCC(=O)NCCNC(=O)OC(C)(C)C)n1. The van der Waals surface area contributed by atoms with E-state index < -0.39 is 59.0 Å². The molecular weight excluding hydrogens is 915 g/mol. The lowest BCUT2D eigenvalue weighted by Gasteiger charge is -2.19. The quantitative estimate of drug-likeness (QED) is 0.0477. The maximum atomic E-state index is 13.2. The number of nitrogens with one attached hydrogen (secondary N) is 9. The molecule has 0 aliphatic heterocycles. The smallest absolute Gasteiger partial charge is 0.407 e. The van der Waals surface area contributed by atoms with E-state index in [4.69, 9.17) is 4.74 Å². The number of alkyl carbamates (subject to hydrolysis) is 1. The lowest BCUT2D eigenvalue weighted by molar-refractivity contribution is -0.124. The number of hydrogen-bond donors (Lipinski definition) is 9. The van der Waals surface area contributed by atoms with E-state index in [2.05, 4.69) is 62.8 Å². The number of aromatic nitrogens is 8. The van der Waals surface area contributed by atoms with Crippen LogP contribution < -0.4 is 47.9 Å². The molecule has 5 aromatic heterocycles. The number of anilines is 7. The molecule has 374 valence electrons. The van der Waals surface area contributed by atoms with Crippen LogP contribution in [0, 0.1) is 0 Å². The number of hydrogen-bond acceptors (Lipinski definition) is 13. The van der Waals surface area contributed by atoms with Crippen LogP contribution in [0.3, 0.4) is 0 Å². The maximum Gasteiger partial charge on any atom is 0.407 e. The van der Waals surface area contributed by atoms with Crippen molar-refractivity contribution < 1.29 is 47.9 Å². The Hall–Kier alpha value is -8.78. The number of imidazole rings is 3. The van der Waals surface area contributed by atoms with Gasteiger partial charge in [-0.05, 0) is 20.8 Å². The van der Waals surface area contributed by atoms with Gasteiger partial charge in [0.25, 0.3) is 11.8 Å². The number of nitrogens with zero attached hydrogens (tertiary/aromatic N) is 8. The topological polar surface area (TPSA) is 334 Å². The molecule has 27 heteroatoms. The third-order valence-corrected chi connectivity index (χ3v) is 9.68. The fraction of sp³-hybridized carbons (Fsp3) is 0.395. The first-order valence-corrected chi connectivity index (χ1v) is 21.7. The molecule has 0 unspecified atom stereocenters. The summed E-state index contributed by atoms with van der Waals surface area (Å²) in [6.45, 7) is 5.48. The Morgan fingerprint density at radius 2 is 0.957 bits per heavy atom. The van der Waals surface area contributed by atoms with Gasteiger partial charge in [0, 0.05) is 136 Å². The lowest BCUT2D eigenvalue weighted by Crippen LogP contribution is -2.38. The van der Waals surface area contributed by atoms with E-state index in [9.17, 15) is 43.2 Å². The second-order valence-electron chi connectivity index (χ2n) is 16.9. The lowest BCUT2D eigenvalue weighted by atomic mass is 10.2. The first-order chi connectivity index (χ1) is 33.0. The molecule has 5 aromatic rings. The van der Waals surface area contributed by atoms with E-state index in [1.54, 1.807) is 94.4 Å². The van der Waals surface area contributed by atoms with Crippen LogP contribution in [0.15, 0.2) is 49.3 Å². The molecule has 9 N–H and O–H groups in total. The van der Waals surface area contributed by atoms with Crippen LogP contribution in [0.25, 0.3) is 0 Å². The summed E-state index contributed by atoms with van der Waals surface area (Å²) in [6, 6.07) is 3.07. The number of carbonyl (C=O) groups is 9. The minimum atomic E-state index is -0.650. The fourth-order valence-electron chi connectivity index (χ4n) is 6.31. The van der Waals surface area contributed by atoms with Crippen molar-refractivity contribution in [1.29, 1.82) is 0 Å². The first-order valence-electron chi connectivity index (χ1n) is 21.7. The van der Waals surface area contributed by atoms with E-state index >= 15 is 0 Å². The van der Waals surface area contributed by atoms with E-state index in [1.807, 2.05) is 0 Å². The van der Waals surface area contributed by atoms with Gasteiger partial charge in [0.2, 0.25) is 47.2 Å². The van der Waals surface area contributed by atoms with Crippen molar-refractivity contribution in [1.82, 2.24) is 48.4 Å². The molecule has 0 radical (unpaired) electrons. The van der Waals surface area contributed by atoms with E-state index in [-0.39, 0.29) is 80.8 Å². The molecule has 27 nitrogen and oxygen atoms in total. The normalized spacial score (nSPS) is 11.0. The predicted molar refractivity (Wildman–Crippen MR) is 254 cm³/mol. The Labute approximate surface area is 400 Å². The van der Waals surface area contributed by atoms with Crippen molar-refractivity contribution in [3.8, 4) is 0 Å². The summed E-state index contributed by atoms with van der Waals surface area (Å²) in [7, 11) is 8.15. The molecule has 0 spiro atoms. The summed E-state index contributed by atoms with van der Waals surface area (Å²) in [5.41, 5.74) is 0.0956. The summed E-state index contributed by atoms with van der Waals surface area (Å²) in [4.78, 5) is 125. The molecule has 9 amide bonds.